The van der Waals surface area contributed by atoms with Gasteiger partial charge in [0.15, 0.2) is 0 Å². The molecule has 2 rings (SSSR count). The van der Waals surface area contributed by atoms with Crippen molar-refractivity contribution in [3.05, 3.63) is 34.1 Å². The molecule has 0 unspecified atom stereocenters. The molecule has 1 aromatic carbocycles. The molecule has 1 aliphatic rings. The fourth-order valence-electron chi connectivity index (χ4n) is 2.10. The standard InChI is InChI=1S/C12H15BrFNO/c13-11-2-1-9(14)7-10(11)12(15)8-3-5-16-6-4-8/h1-2,7-8,12H,3-6,15H2/t12-/m1/s1. The average molecular weight is 288 g/mol. The Kier molecular flexibility index (Phi) is 3.95. The van der Waals surface area contributed by atoms with E-state index in [4.69, 9.17) is 10.5 Å². The predicted molar refractivity (Wildman–Crippen MR) is 64.6 cm³/mol. The molecule has 88 valence electrons. The van der Waals surface area contributed by atoms with Crippen LogP contribution in [0, 0.1) is 11.7 Å². The molecule has 2 N–H and O–H groups in total. The fraction of sp³-hybridized carbons (Fsp3) is 0.500. The van der Waals surface area contributed by atoms with Gasteiger partial charge in [0.1, 0.15) is 5.82 Å². The van der Waals surface area contributed by atoms with Crippen molar-refractivity contribution in [3.8, 4) is 0 Å². The Hall–Kier alpha value is -0.450. The van der Waals surface area contributed by atoms with Gasteiger partial charge in [-0.2, -0.15) is 0 Å². The summed E-state index contributed by atoms with van der Waals surface area (Å²) in [6, 6.07) is 4.55. The van der Waals surface area contributed by atoms with Crippen molar-refractivity contribution in [2.45, 2.75) is 18.9 Å². The van der Waals surface area contributed by atoms with E-state index in [1.165, 1.54) is 12.1 Å². The fourth-order valence-corrected chi connectivity index (χ4v) is 2.61. The van der Waals surface area contributed by atoms with Crippen molar-refractivity contribution in [3.63, 3.8) is 0 Å². The molecule has 16 heavy (non-hydrogen) atoms. The maximum absolute atomic E-state index is 13.2. The monoisotopic (exact) mass is 287 g/mol. The topological polar surface area (TPSA) is 35.2 Å². The zero-order valence-electron chi connectivity index (χ0n) is 8.96. The van der Waals surface area contributed by atoms with E-state index < -0.39 is 0 Å². The van der Waals surface area contributed by atoms with Gasteiger partial charge >= 0.3 is 0 Å². The SMILES string of the molecule is N[C@@H](c1cc(F)ccc1Br)C1CCOCC1. The summed E-state index contributed by atoms with van der Waals surface area (Å²) < 4.78 is 19.4. The van der Waals surface area contributed by atoms with Crippen molar-refractivity contribution in [1.82, 2.24) is 0 Å². The number of hydrogen-bond acceptors (Lipinski definition) is 2. The summed E-state index contributed by atoms with van der Waals surface area (Å²) >= 11 is 3.42. The smallest absolute Gasteiger partial charge is 0.123 e. The first-order valence-electron chi connectivity index (χ1n) is 5.47. The first kappa shape index (κ1) is 12.0. The molecule has 1 aliphatic heterocycles. The molecule has 0 saturated carbocycles. The molecule has 0 bridgehead atoms. The number of rotatable bonds is 2. The molecule has 0 aliphatic carbocycles. The van der Waals surface area contributed by atoms with Crippen molar-refractivity contribution in [2.24, 2.45) is 11.7 Å². The summed E-state index contributed by atoms with van der Waals surface area (Å²) in [6.45, 7) is 1.51. The molecular formula is C12H15BrFNO. The summed E-state index contributed by atoms with van der Waals surface area (Å²) in [5.41, 5.74) is 7.04. The number of ether oxygens (including phenoxy) is 1. The summed E-state index contributed by atoms with van der Waals surface area (Å²) in [5.74, 6) is 0.146. The van der Waals surface area contributed by atoms with Crippen molar-refractivity contribution < 1.29 is 9.13 Å². The van der Waals surface area contributed by atoms with E-state index in [9.17, 15) is 4.39 Å². The Morgan fingerprint density at radius 3 is 2.75 bits per heavy atom. The number of hydrogen-bond donors (Lipinski definition) is 1. The minimum Gasteiger partial charge on any atom is -0.381 e. The third-order valence-corrected chi connectivity index (χ3v) is 3.81. The first-order chi connectivity index (χ1) is 7.68. The minimum atomic E-state index is -0.235. The van der Waals surface area contributed by atoms with Crippen molar-refractivity contribution in [1.29, 1.82) is 0 Å². The Morgan fingerprint density at radius 2 is 2.06 bits per heavy atom. The first-order valence-corrected chi connectivity index (χ1v) is 6.26. The van der Waals surface area contributed by atoms with Crippen LogP contribution in [-0.4, -0.2) is 13.2 Å². The summed E-state index contributed by atoms with van der Waals surface area (Å²) in [7, 11) is 0. The third-order valence-electron chi connectivity index (χ3n) is 3.09. The van der Waals surface area contributed by atoms with E-state index in [0.717, 1.165) is 36.1 Å². The molecule has 1 saturated heterocycles. The second kappa shape index (κ2) is 5.25. The summed E-state index contributed by atoms with van der Waals surface area (Å²) in [6.07, 6.45) is 1.90. The van der Waals surface area contributed by atoms with Crippen LogP contribution >= 0.6 is 15.9 Å². The second-order valence-corrected chi connectivity index (χ2v) is 5.00. The van der Waals surface area contributed by atoms with Gasteiger partial charge in [0.25, 0.3) is 0 Å². The van der Waals surface area contributed by atoms with E-state index in [0.29, 0.717) is 5.92 Å². The number of benzene rings is 1. The lowest BCUT2D eigenvalue weighted by atomic mass is 9.88. The van der Waals surface area contributed by atoms with Gasteiger partial charge in [0.2, 0.25) is 0 Å². The van der Waals surface area contributed by atoms with Crippen LogP contribution in [0.3, 0.4) is 0 Å². The second-order valence-electron chi connectivity index (χ2n) is 4.14. The zero-order chi connectivity index (χ0) is 11.5. The zero-order valence-corrected chi connectivity index (χ0v) is 10.5. The van der Waals surface area contributed by atoms with E-state index in [1.54, 1.807) is 6.07 Å². The maximum atomic E-state index is 13.2. The molecule has 4 heteroatoms. The van der Waals surface area contributed by atoms with Crippen LogP contribution in [-0.2, 0) is 4.74 Å². The highest BCUT2D eigenvalue weighted by molar-refractivity contribution is 9.10. The van der Waals surface area contributed by atoms with Gasteiger partial charge in [-0.1, -0.05) is 15.9 Å². The van der Waals surface area contributed by atoms with E-state index in [-0.39, 0.29) is 11.9 Å². The van der Waals surface area contributed by atoms with E-state index in [2.05, 4.69) is 15.9 Å². The van der Waals surface area contributed by atoms with Crippen LogP contribution < -0.4 is 5.73 Å². The van der Waals surface area contributed by atoms with Crippen molar-refractivity contribution in [2.75, 3.05) is 13.2 Å². The Labute approximate surface area is 103 Å². The molecule has 0 radical (unpaired) electrons. The molecular weight excluding hydrogens is 273 g/mol. The number of halogens is 2. The summed E-state index contributed by atoms with van der Waals surface area (Å²) in [4.78, 5) is 0. The lowest BCUT2D eigenvalue weighted by molar-refractivity contribution is 0.0583. The molecule has 2 nitrogen and oxygen atoms in total. The molecule has 1 aromatic rings. The predicted octanol–water partition coefficient (Wildman–Crippen LogP) is 3.01. The minimum absolute atomic E-state index is 0.117. The molecule has 0 amide bonds. The maximum Gasteiger partial charge on any atom is 0.123 e. The molecule has 1 heterocycles. The highest BCUT2D eigenvalue weighted by Gasteiger charge is 2.23. The molecule has 1 fully saturated rings. The number of nitrogens with two attached hydrogens (primary N) is 1. The van der Waals surface area contributed by atoms with Crippen molar-refractivity contribution >= 4 is 15.9 Å². The van der Waals surface area contributed by atoms with Crippen LogP contribution in [0.15, 0.2) is 22.7 Å². The Bertz CT molecular complexity index is 366. The molecule has 0 spiro atoms. The molecule has 0 aromatic heterocycles. The third kappa shape index (κ3) is 2.62. The van der Waals surface area contributed by atoms with Gasteiger partial charge < -0.3 is 10.5 Å². The van der Waals surface area contributed by atoms with Crippen LogP contribution in [0.25, 0.3) is 0 Å². The highest BCUT2D eigenvalue weighted by Crippen LogP contribution is 2.32. The molecule has 1 atom stereocenters. The lowest BCUT2D eigenvalue weighted by Crippen LogP contribution is -2.27. The highest BCUT2D eigenvalue weighted by atomic mass is 79.9. The van der Waals surface area contributed by atoms with Crippen LogP contribution in [0.1, 0.15) is 24.4 Å². The van der Waals surface area contributed by atoms with Gasteiger partial charge in [0.05, 0.1) is 0 Å². The van der Waals surface area contributed by atoms with Gasteiger partial charge in [-0.05, 0) is 42.5 Å². The van der Waals surface area contributed by atoms with Gasteiger partial charge in [0, 0.05) is 23.7 Å². The Balaban J connectivity index is 2.18. The largest absolute Gasteiger partial charge is 0.381 e. The van der Waals surface area contributed by atoms with E-state index in [1.807, 2.05) is 0 Å². The van der Waals surface area contributed by atoms with E-state index >= 15 is 0 Å². The van der Waals surface area contributed by atoms with Crippen LogP contribution in [0.2, 0.25) is 0 Å². The van der Waals surface area contributed by atoms with Crippen LogP contribution in [0.4, 0.5) is 4.39 Å². The van der Waals surface area contributed by atoms with Gasteiger partial charge in [-0.3, -0.25) is 0 Å². The van der Waals surface area contributed by atoms with Gasteiger partial charge in [-0.15, -0.1) is 0 Å². The normalized spacial score (nSPS) is 19.7. The summed E-state index contributed by atoms with van der Waals surface area (Å²) in [5, 5.41) is 0. The van der Waals surface area contributed by atoms with Crippen LogP contribution in [0.5, 0.6) is 0 Å². The Morgan fingerprint density at radius 1 is 1.38 bits per heavy atom. The average Bonchev–Trinajstić information content (AvgIpc) is 2.32. The quantitative estimate of drug-likeness (QED) is 0.908. The van der Waals surface area contributed by atoms with Gasteiger partial charge in [-0.25, -0.2) is 4.39 Å². The lowest BCUT2D eigenvalue weighted by Gasteiger charge is -2.28.